The minimum Gasteiger partial charge on any atom is -0.272 e. The summed E-state index contributed by atoms with van der Waals surface area (Å²) < 4.78 is 3.09. The summed E-state index contributed by atoms with van der Waals surface area (Å²) in [6, 6.07) is 0. The Morgan fingerprint density at radius 3 is 2.00 bits per heavy atom. The lowest BCUT2D eigenvalue weighted by Crippen LogP contribution is -2.17. The first-order valence-corrected chi connectivity index (χ1v) is 7.03. The summed E-state index contributed by atoms with van der Waals surface area (Å²) in [5.41, 5.74) is 2.96. The topological polar surface area (TPSA) is 52.7 Å². The van der Waals surface area contributed by atoms with Gasteiger partial charge in [0.15, 0.2) is 0 Å². The summed E-state index contributed by atoms with van der Waals surface area (Å²) in [6.07, 6.45) is 0.288. The van der Waals surface area contributed by atoms with Crippen molar-refractivity contribution in [3.05, 3.63) is 32.8 Å². The summed E-state index contributed by atoms with van der Waals surface area (Å²) >= 11 is 12.1. The number of hydrogen-bond acceptors (Lipinski definition) is 3. The van der Waals surface area contributed by atoms with Crippen molar-refractivity contribution in [2.24, 2.45) is 0 Å². The quantitative estimate of drug-likeness (QED) is 0.873. The van der Waals surface area contributed by atoms with E-state index in [2.05, 4.69) is 10.2 Å². The molecule has 0 N–H and O–H groups in total. The standard InChI is InChI=1S/C13H16Cl2N4O/c1-7-12(14)9(3)18(16-7)6-5-11(20)19-10(4)13(15)8(2)17-19/h5-6H2,1-4H3. The zero-order valence-corrected chi connectivity index (χ0v) is 13.4. The fraction of sp³-hybridized carbons (Fsp3) is 0.462. The van der Waals surface area contributed by atoms with Crippen molar-refractivity contribution in [3.63, 3.8) is 0 Å². The minimum absolute atomic E-state index is 0.110. The first-order valence-electron chi connectivity index (χ1n) is 6.27. The lowest BCUT2D eigenvalue weighted by atomic mass is 10.3. The van der Waals surface area contributed by atoms with Gasteiger partial charge in [-0.2, -0.15) is 10.2 Å². The van der Waals surface area contributed by atoms with Crippen LogP contribution in [0.1, 0.15) is 34.0 Å². The van der Waals surface area contributed by atoms with Crippen LogP contribution in [-0.2, 0) is 6.54 Å². The summed E-state index contributed by atoms with van der Waals surface area (Å²) in [7, 11) is 0. The molecular weight excluding hydrogens is 299 g/mol. The third kappa shape index (κ3) is 2.60. The van der Waals surface area contributed by atoms with Gasteiger partial charge < -0.3 is 0 Å². The highest BCUT2D eigenvalue weighted by molar-refractivity contribution is 6.32. The van der Waals surface area contributed by atoms with Gasteiger partial charge in [-0.05, 0) is 27.7 Å². The van der Waals surface area contributed by atoms with Crippen LogP contribution in [0.15, 0.2) is 0 Å². The number of halogens is 2. The lowest BCUT2D eigenvalue weighted by molar-refractivity contribution is 0.0876. The normalized spacial score (nSPS) is 11.1. The molecule has 0 aromatic carbocycles. The molecule has 0 amide bonds. The van der Waals surface area contributed by atoms with E-state index in [0.717, 1.165) is 11.4 Å². The predicted octanol–water partition coefficient (Wildman–Crippen LogP) is 3.35. The molecule has 0 unspecified atom stereocenters. The van der Waals surface area contributed by atoms with E-state index in [4.69, 9.17) is 23.2 Å². The van der Waals surface area contributed by atoms with Crippen LogP contribution in [0.25, 0.3) is 0 Å². The van der Waals surface area contributed by atoms with Gasteiger partial charge in [-0.15, -0.1) is 0 Å². The Morgan fingerprint density at radius 2 is 1.55 bits per heavy atom. The molecule has 108 valence electrons. The highest BCUT2D eigenvalue weighted by atomic mass is 35.5. The number of carbonyl (C=O) groups is 1. The molecule has 2 aromatic rings. The van der Waals surface area contributed by atoms with Crippen LogP contribution in [0.4, 0.5) is 0 Å². The molecule has 0 saturated carbocycles. The molecule has 7 heteroatoms. The molecule has 2 aromatic heterocycles. The van der Waals surface area contributed by atoms with Gasteiger partial charge in [0, 0.05) is 6.42 Å². The molecule has 5 nitrogen and oxygen atoms in total. The monoisotopic (exact) mass is 314 g/mol. The second-order valence-corrected chi connectivity index (χ2v) is 5.50. The second kappa shape index (κ2) is 5.58. The SMILES string of the molecule is Cc1nn(CCC(=O)n2nc(C)c(Cl)c2C)c(C)c1Cl. The van der Waals surface area contributed by atoms with E-state index in [1.54, 1.807) is 18.5 Å². The van der Waals surface area contributed by atoms with Crippen molar-refractivity contribution in [2.45, 2.75) is 40.7 Å². The van der Waals surface area contributed by atoms with E-state index in [0.29, 0.717) is 28.0 Å². The molecule has 2 rings (SSSR count). The van der Waals surface area contributed by atoms with Crippen LogP contribution in [0, 0.1) is 27.7 Å². The number of nitrogens with zero attached hydrogens (tertiary/aromatic N) is 4. The zero-order chi connectivity index (χ0) is 15.0. The van der Waals surface area contributed by atoms with Crippen molar-refractivity contribution in [2.75, 3.05) is 0 Å². The molecule has 0 saturated heterocycles. The van der Waals surface area contributed by atoms with Crippen LogP contribution >= 0.6 is 23.2 Å². The van der Waals surface area contributed by atoms with Crippen molar-refractivity contribution in [1.82, 2.24) is 19.6 Å². The number of aryl methyl sites for hydroxylation is 3. The third-order valence-electron chi connectivity index (χ3n) is 3.27. The predicted molar refractivity (Wildman–Crippen MR) is 78.7 cm³/mol. The van der Waals surface area contributed by atoms with E-state index in [1.807, 2.05) is 13.8 Å². The Hall–Kier alpha value is -1.33. The van der Waals surface area contributed by atoms with Gasteiger partial charge in [-0.25, -0.2) is 4.68 Å². The second-order valence-electron chi connectivity index (χ2n) is 4.75. The average Bonchev–Trinajstić information content (AvgIpc) is 2.81. The van der Waals surface area contributed by atoms with Gasteiger partial charge in [0.05, 0.1) is 39.4 Å². The Labute approximate surface area is 127 Å². The van der Waals surface area contributed by atoms with Crippen LogP contribution in [-0.4, -0.2) is 25.5 Å². The molecular formula is C13H16Cl2N4O. The molecule has 0 aliphatic carbocycles. The van der Waals surface area contributed by atoms with Crippen molar-refractivity contribution in [1.29, 1.82) is 0 Å². The Bertz CT molecular complexity index is 672. The van der Waals surface area contributed by atoms with Gasteiger partial charge in [0.1, 0.15) is 0 Å². The van der Waals surface area contributed by atoms with Crippen molar-refractivity contribution >= 4 is 29.1 Å². The highest BCUT2D eigenvalue weighted by Gasteiger charge is 2.16. The molecule has 0 radical (unpaired) electrons. The summed E-state index contributed by atoms with van der Waals surface area (Å²) in [5, 5.41) is 9.62. The molecule has 0 fully saturated rings. The fourth-order valence-corrected chi connectivity index (χ4v) is 2.32. The Morgan fingerprint density at radius 1 is 1.00 bits per heavy atom. The number of rotatable bonds is 3. The Kier molecular flexibility index (Phi) is 4.20. The molecule has 0 atom stereocenters. The maximum absolute atomic E-state index is 12.2. The molecule has 0 bridgehead atoms. The van der Waals surface area contributed by atoms with Crippen molar-refractivity contribution in [3.8, 4) is 0 Å². The Balaban J connectivity index is 2.12. The van der Waals surface area contributed by atoms with Gasteiger partial charge in [-0.1, -0.05) is 23.2 Å². The van der Waals surface area contributed by atoms with E-state index >= 15 is 0 Å². The minimum atomic E-state index is -0.110. The number of carbonyl (C=O) groups excluding carboxylic acids is 1. The summed E-state index contributed by atoms with van der Waals surface area (Å²) in [5.74, 6) is -0.110. The van der Waals surface area contributed by atoms with Gasteiger partial charge in [-0.3, -0.25) is 9.48 Å². The maximum Gasteiger partial charge on any atom is 0.248 e. The van der Waals surface area contributed by atoms with Crippen LogP contribution in [0.3, 0.4) is 0 Å². The number of hydrogen-bond donors (Lipinski definition) is 0. The van der Waals surface area contributed by atoms with Gasteiger partial charge in [0.2, 0.25) is 5.91 Å². The largest absolute Gasteiger partial charge is 0.272 e. The highest BCUT2D eigenvalue weighted by Crippen LogP contribution is 2.21. The van der Waals surface area contributed by atoms with E-state index in [1.165, 1.54) is 4.68 Å². The van der Waals surface area contributed by atoms with Crippen LogP contribution < -0.4 is 0 Å². The fourth-order valence-electron chi connectivity index (χ4n) is 2.07. The van der Waals surface area contributed by atoms with E-state index in [9.17, 15) is 4.79 Å². The van der Waals surface area contributed by atoms with Gasteiger partial charge in [0.25, 0.3) is 0 Å². The smallest absolute Gasteiger partial charge is 0.248 e. The number of aromatic nitrogens is 4. The molecule has 20 heavy (non-hydrogen) atoms. The first kappa shape index (κ1) is 15.1. The maximum atomic E-state index is 12.2. The first-order chi connectivity index (χ1) is 9.32. The molecule has 0 aliphatic heterocycles. The van der Waals surface area contributed by atoms with Gasteiger partial charge >= 0.3 is 0 Å². The van der Waals surface area contributed by atoms with Crippen molar-refractivity contribution < 1.29 is 4.79 Å². The summed E-state index contributed by atoms with van der Waals surface area (Å²) in [4.78, 5) is 12.2. The van der Waals surface area contributed by atoms with E-state index < -0.39 is 0 Å². The molecule has 2 heterocycles. The third-order valence-corrected chi connectivity index (χ3v) is 4.36. The van der Waals surface area contributed by atoms with E-state index in [-0.39, 0.29) is 12.3 Å². The molecule has 0 spiro atoms. The zero-order valence-electron chi connectivity index (χ0n) is 11.9. The van der Waals surface area contributed by atoms with Crippen LogP contribution in [0.5, 0.6) is 0 Å². The summed E-state index contributed by atoms with van der Waals surface area (Å²) in [6.45, 7) is 7.75. The average molecular weight is 315 g/mol. The lowest BCUT2D eigenvalue weighted by Gasteiger charge is -2.05. The van der Waals surface area contributed by atoms with Crippen LogP contribution in [0.2, 0.25) is 10.0 Å². The molecule has 0 aliphatic rings.